The van der Waals surface area contributed by atoms with Crippen LogP contribution in [0.5, 0.6) is 0 Å². The first kappa shape index (κ1) is 47.8. The summed E-state index contributed by atoms with van der Waals surface area (Å²) in [4.78, 5) is 5.31. The van der Waals surface area contributed by atoms with Crippen molar-refractivity contribution in [1.82, 2.24) is 0 Å². The smallest absolute Gasteiger partial charge is 0.252 e. The average Bonchev–Trinajstić information content (AvgIpc) is 3.43. The number of hydrogen-bond donors (Lipinski definition) is 0. The molecule has 2 nitrogen and oxygen atoms in total. The normalized spacial score (nSPS) is 13.1. The second-order valence-corrected chi connectivity index (χ2v) is 23.8. The van der Waals surface area contributed by atoms with E-state index >= 15 is 0 Å². The minimum absolute atomic E-state index is 0.0566. The van der Waals surface area contributed by atoms with Gasteiger partial charge in [-0.15, -0.1) is 0 Å². The Labute approximate surface area is 446 Å². The van der Waals surface area contributed by atoms with E-state index in [1.54, 1.807) is 0 Å². The van der Waals surface area contributed by atoms with Crippen molar-refractivity contribution in [3.63, 3.8) is 0 Å². The molecule has 10 aromatic rings. The Kier molecular flexibility index (Phi) is 11.7. The summed E-state index contributed by atoms with van der Waals surface area (Å²) in [5.41, 5.74) is 26.5. The monoisotopic (exact) mass is 969 g/mol. The van der Waals surface area contributed by atoms with Crippen molar-refractivity contribution in [1.29, 1.82) is 0 Å². The fraction of sp³-hybridized carbons (Fsp3) is 0.167. The van der Waals surface area contributed by atoms with Gasteiger partial charge >= 0.3 is 0 Å². The van der Waals surface area contributed by atoms with E-state index in [1.165, 1.54) is 117 Å². The Morgan fingerprint density at radius 3 is 1.04 bits per heavy atom. The van der Waals surface area contributed by atoms with E-state index in [9.17, 15) is 0 Å². The van der Waals surface area contributed by atoms with Crippen molar-refractivity contribution in [2.75, 3.05) is 9.80 Å². The number of hydrogen-bond acceptors (Lipinski definition) is 2. The molecule has 0 saturated heterocycles. The van der Waals surface area contributed by atoms with Crippen LogP contribution in [0.15, 0.2) is 231 Å². The van der Waals surface area contributed by atoms with Gasteiger partial charge in [0.25, 0.3) is 6.71 Å². The highest BCUT2D eigenvalue weighted by Crippen LogP contribution is 2.53. The summed E-state index contributed by atoms with van der Waals surface area (Å²) in [5.74, 6) is 0. The molecule has 2 aliphatic rings. The van der Waals surface area contributed by atoms with E-state index in [0.29, 0.717) is 0 Å². The van der Waals surface area contributed by atoms with Gasteiger partial charge in [0.2, 0.25) is 0 Å². The molecule has 366 valence electrons. The molecule has 12 rings (SSSR count). The van der Waals surface area contributed by atoms with Crippen molar-refractivity contribution in [2.45, 2.75) is 78.6 Å². The van der Waals surface area contributed by atoms with Gasteiger partial charge in [-0.05, 0) is 137 Å². The third-order valence-corrected chi connectivity index (χ3v) is 15.7. The molecule has 0 radical (unpaired) electrons. The maximum atomic E-state index is 2.68. The lowest BCUT2D eigenvalue weighted by Crippen LogP contribution is -2.61. The Balaban J connectivity index is 1.27. The number of nitrogens with zero attached hydrogens (tertiary/aromatic N) is 2. The molecule has 0 atom stereocenters. The molecule has 0 bridgehead atoms. The van der Waals surface area contributed by atoms with Crippen LogP contribution in [0.4, 0.5) is 34.1 Å². The van der Waals surface area contributed by atoms with E-state index in [2.05, 4.69) is 303 Å². The summed E-state index contributed by atoms with van der Waals surface area (Å²) in [6, 6.07) is 86.9. The summed E-state index contributed by atoms with van der Waals surface area (Å²) in [6.07, 6.45) is 0. The minimum atomic E-state index is -0.202. The van der Waals surface area contributed by atoms with Gasteiger partial charge < -0.3 is 9.80 Å². The van der Waals surface area contributed by atoms with E-state index in [4.69, 9.17) is 0 Å². The van der Waals surface area contributed by atoms with Crippen LogP contribution in [0.3, 0.4) is 0 Å². The highest BCUT2D eigenvalue weighted by Gasteiger charge is 2.46. The first-order chi connectivity index (χ1) is 36.1. The fourth-order valence-corrected chi connectivity index (χ4v) is 11.6. The van der Waals surface area contributed by atoms with Crippen molar-refractivity contribution in [3.05, 3.63) is 247 Å². The molecule has 0 fully saturated rings. The Hall–Kier alpha value is -8.14. The molecule has 0 unspecified atom stereocenters. The average molecular weight is 969 g/mol. The summed E-state index contributed by atoms with van der Waals surface area (Å²) < 4.78 is 0. The lowest BCUT2D eigenvalue weighted by molar-refractivity contribution is 0.590. The van der Waals surface area contributed by atoms with Crippen LogP contribution >= 0.6 is 0 Å². The van der Waals surface area contributed by atoms with Crippen molar-refractivity contribution in [2.24, 2.45) is 0 Å². The van der Waals surface area contributed by atoms with Gasteiger partial charge in [-0.1, -0.05) is 244 Å². The summed E-state index contributed by atoms with van der Waals surface area (Å²) in [6.45, 7) is 21.0. The van der Waals surface area contributed by atoms with Crippen LogP contribution in [0.25, 0.3) is 55.6 Å². The van der Waals surface area contributed by atoms with Gasteiger partial charge in [-0.3, -0.25) is 0 Å². The zero-order valence-electron chi connectivity index (χ0n) is 44.9. The van der Waals surface area contributed by atoms with Crippen molar-refractivity contribution in [3.8, 4) is 55.6 Å². The van der Waals surface area contributed by atoms with Gasteiger partial charge in [0.1, 0.15) is 0 Å². The van der Waals surface area contributed by atoms with E-state index in [-0.39, 0.29) is 23.0 Å². The molecule has 0 spiro atoms. The molecule has 0 amide bonds. The molecule has 0 aliphatic carbocycles. The fourth-order valence-electron chi connectivity index (χ4n) is 11.6. The molecule has 3 heteroatoms. The largest absolute Gasteiger partial charge is 0.311 e. The van der Waals surface area contributed by atoms with Gasteiger partial charge in [0.05, 0.1) is 11.4 Å². The topological polar surface area (TPSA) is 6.48 Å². The number of rotatable bonds is 7. The molecule has 0 saturated carbocycles. The first-order valence-electron chi connectivity index (χ1n) is 26.8. The Morgan fingerprint density at radius 2 is 0.613 bits per heavy atom. The minimum Gasteiger partial charge on any atom is -0.311 e. The molecular weight excluding hydrogens is 904 g/mol. The van der Waals surface area contributed by atoms with Crippen molar-refractivity contribution < 1.29 is 0 Å². The zero-order chi connectivity index (χ0) is 51.8. The standard InChI is InChI=1S/C72H65BN2/c1-70(2,3)55-37-40-63(58(43-55)50-29-19-12-20-30-50)74-64-38-35-53(48-25-15-10-16-26-48)41-61(64)73-62-42-54(49-27-17-11-18-28-49)36-39-65(62)75(67-47-57(72(7,8)9)46-66(74)68(67)73)69-59(51-31-21-13-22-32-51)44-56(71(4,5)6)45-60(69)52-33-23-14-24-34-52/h10-47H,1-9H3. The third-order valence-electron chi connectivity index (χ3n) is 15.7. The van der Waals surface area contributed by atoms with Crippen LogP contribution in [0.1, 0.15) is 79.0 Å². The van der Waals surface area contributed by atoms with Gasteiger partial charge in [-0.25, -0.2) is 0 Å². The third kappa shape index (κ3) is 8.59. The van der Waals surface area contributed by atoms with E-state index < -0.39 is 0 Å². The van der Waals surface area contributed by atoms with Crippen molar-refractivity contribution >= 4 is 57.2 Å². The van der Waals surface area contributed by atoms with Gasteiger partial charge in [0, 0.05) is 39.4 Å². The molecule has 10 aromatic carbocycles. The highest BCUT2D eigenvalue weighted by atomic mass is 15.2. The number of benzene rings is 10. The molecular formula is C72H65BN2. The summed E-state index contributed by atoms with van der Waals surface area (Å²) in [7, 11) is 0. The van der Waals surface area contributed by atoms with E-state index in [1.807, 2.05) is 0 Å². The van der Waals surface area contributed by atoms with Crippen LogP contribution < -0.4 is 26.2 Å². The van der Waals surface area contributed by atoms with Gasteiger partial charge in [0.15, 0.2) is 0 Å². The molecule has 2 aliphatic heterocycles. The van der Waals surface area contributed by atoms with Crippen LogP contribution in [-0.2, 0) is 16.2 Å². The predicted molar refractivity (Wildman–Crippen MR) is 324 cm³/mol. The maximum absolute atomic E-state index is 2.68. The second-order valence-electron chi connectivity index (χ2n) is 23.8. The predicted octanol–water partition coefficient (Wildman–Crippen LogP) is 18.0. The van der Waals surface area contributed by atoms with Crippen LogP contribution in [0, 0.1) is 0 Å². The Bertz CT molecular complexity index is 3690. The van der Waals surface area contributed by atoms with E-state index in [0.717, 1.165) is 5.69 Å². The molecule has 0 aromatic heterocycles. The summed E-state index contributed by atoms with van der Waals surface area (Å²) in [5, 5.41) is 0. The quantitative estimate of drug-likeness (QED) is 0.147. The molecule has 2 heterocycles. The first-order valence-corrected chi connectivity index (χ1v) is 26.8. The Morgan fingerprint density at radius 1 is 0.267 bits per heavy atom. The SMILES string of the molecule is CC(C)(C)c1ccc(N2c3ccc(-c4ccccc4)cc3B3c4cc(-c5ccccc5)ccc4N(c4c(-c5ccccc5)cc(C(C)(C)C)cc4-c4ccccc4)c4cc(C(C)(C)C)cc2c43)c(-c2ccccc2)c1. The lowest BCUT2D eigenvalue weighted by Gasteiger charge is -2.46. The maximum Gasteiger partial charge on any atom is 0.252 e. The van der Waals surface area contributed by atoms with Crippen LogP contribution in [0.2, 0.25) is 0 Å². The second kappa shape index (κ2) is 18.4. The van der Waals surface area contributed by atoms with Crippen LogP contribution in [-0.4, -0.2) is 6.71 Å². The number of anilines is 6. The zero-order valence-corrected chi connectivity index (χ0v) is 44.9. The lowest BCUT2D eigenvalue weighted by atomic mass is 9.33. The highest BCUT2D eigenvalue weighted by molar-refractivity contribution is 7.00. The molecule has 0 N–H and O–H groups in total. The summed E-state index contributed by atoms with van der Waals surface area (Å²) >= 11 is 0. The van der Waals surface area contributed by atoms with Gasteiger partial charge in [-0.2, -0.15) is 0 Å². The molecule has 75 heavy (non-hydrogen) atoms. The number of fused-ring (bicyclic) bond motifs is 4.